The third-order valence-corrected chi connectivity index (χ3v) is 7.54. The Labute approximate surface area is 256 Å². The van der Waals surface area contributed by atoms with Crippen LogP contribution in [0, 0.1) is 11.6 Å². The Morgan fingerprint density at radius 3 is 2.44 bits per heavy atom. The molecular weight excluding hydrogens is 620 g/mol. The first-order valence-corrected chi connectivity index (χ1v) is 14.5. The fraction of sp³-hybridized carbons (Fsp3) is 0.212. The highest BCUT2D eigenvalue weighted by Crippen LogP contribution is 2.42. The summed E-state index contributed by atoms with van der Waals surface area (Å²) in [5, 5.41) is 9.02. The second-order valence-corrected chi connectivity index (χ2v) is 11.0. The molecule has 0 fully saturated rings. The van der Waals surface area contributed by atoms with Crippen LogP contribution >= 0.6 is 15.9 Å². The molecule has 1 aliphatic heterocycles. The average molecular weight is 651 g/mol. The quantitative estimate of drug-likeness (QED) is 0.133. The van der Waals surface area contributed by atoms with E-state index in [1.165, 1.54) is 6.07 Å². The number of hydrogen-bond donors (Lipinski definition) is 3. The molecule has 0 saturated carbocycles. The van der Waals surface area contributed by atoms with Crippen LogP contribution in [0.25, 0.3) is 0 Å². The number of amides is 1. The number of ether oxygens (including phenoxy) is 2. The summed E-state index contributed by atoms with van der Waals surface area (Å²) in [5.41, 5.74) is 6.50. The molecule has 43 heavy (non-hydrogen) atoms. The summed E-state index contributed by atoms with van der Waals surface area (Å²) in [5.74, 6) is -0.969. The lowest BCUT2D eigenvalue weighted by Gasteiger charge is -2.31. The molecule has 0 bridgehead atoms. The lowest BCUT2D eigenvalue weighted by molar-refractivity contribution is -0.130. The topological polar surface area (TPSA) is 92.2 Å². The standard InChI is InChI=1S/C33H30BrF2N3O4/c34-26-12-7-23(8-13-26)30-33(20-22-5-2-1-3-6-22,32(41)39-37-21-25-9-14-27(35)19-29(25)36)38-31(43-30)24-10-15-28(16-11-24)42-18-4-17-40/h1-3,5-16,19,30,37,40H,4,17-18,20-21H2,(H,39,41)/t30-,33-/m0/s1. The number of carbonyl (C=O) groups excluding carboxylic acids is 1. The molecule has 0 radical (unpaired) electrons. The van der Waals surface area contributed by atoms with E-state index in [4.69, 9.17) is 19.6 Å². The molecular formula is C33H30BrF2N3O4. The summed E-state index contributed by atoms with van der Waals surface area (Å²) in [6.07, 6.45) is -0.0785. The van der Waals surface area contributed by atoms with Crippen LogP contribution in [0.15, 0.2) is 107 Å². The van der Waals surface area contributed by atoms with Gasteiger partial charge in [-0.25, -0.2) is 19.2 Å². The van der Waals surface area contributed by atoms with E-state index in [2.05, 4.69) is 26.8 Å². The van der Waals surface area contributed by atoms with Crippen molar-refractivity contribution in [3.8, 4) is 5.75 Å². The number of aliphatic hydroxyl groups excluding tert-OH is 1. The van der Waals surface area contributed by atoms with Gasteiger partial charge in [0, 0.05) is 47.7 Å². The van der Waals surface area contributed by atoms with Gasteiger partial charge in [0.25, 0.3) is 5.91 Å². The van der Waals surface area contributed by atoms with Crippen molar-refractivity contribution in [2.24, 2.45) is 4.99 Å². The van der Waals surface area contributed by atoms with Crippen molar-refractivity contribution in [1.82, 2.24) is 10.9 Å². The number of aliphatic imine (C=N–C) groups is 1. The van der Waals surface area contributed by atoms with Gasteiger partial charge >= 0.3 is 0 Å². The minimum atomic E-state index is -1.45. The van der Waals surface area contributed by atoms with Crippen LogP contribution in [0.3, 0.4) is 0 Å². The first kappa shape index (κ1) is 30.3. The maximum absolute atomic E-state index is 14.3. The Hall–Kier alpha value is -4.12. The Bertz CT molecular complexity index is 1570. The van der Waals surface area contributed by atoms with Gasteiger partial charge in [-0.2, -0.15) is 0 Å². The van der Waals surface area contributed by atoms with Crippen molar-refractivity contribution in [2.45, 2.75) is 31.0 Å². The Kier molecular flexibility index (Phi) is 9.81. The van der Waals surface area contributed by atoms with Gasteiger partial charge in [-0.3, -0.25) is 10.2 Å². The molecule has 10 heteroatoms. The predicted molar refractivity (Wildman–Crippen MR) is 162 cm³/mol. The second kappa shape index (κ2) is 13.9. The van der Waals surface area contributed by atoms with Crippen LogP contribution < -0.4 is 15.6 Å². The highest BCUT2D eigenvalue weighted by Gasteiger charge is 2.53. The monoisotopic (exact) mass is 649 g/mol. The van der Waals surface area contributed by atoms with Crippen LogP contribution in [-0.4, -0.2) is 35.7 Å². The summed E-state index contributed by atoms with van der Waals surface area (Å²) in [4.78, 5) is 19.1. The van der Waals surface area contributed by atoms with Gasteiger partial charge in [0.2, 0.25) is 5.90 Å². The van der Waals surface area contributed by atoms with Gasteiger partial charge < -0.3 is 14.6 Å². The Morgan fingerprint density at radius 2 is 1.74 bits per heavy atom. The number of carbonyl (C=O) groups is 1. The van der Waals surface area contributed by atoms with Crippen molar-refractivity contribution in [3.63, 3.8) is 0 Å². The molecule has 0 aliphatic carbocycles. The molecule has 0 aromatic heterocycles. The third kappa shape index (κ3) is 7.27. The molecule has 0 unspecified atom stereocenters. The van der Waals surface area contributed by atoms with Gasteiger partial charge in [0.15, 0.2) is 11.6 Å². The lowest BCUT2D eigenvalue weighted by Crippen LogP contribution is -2.53. The minimum Gasteiger partial charge on any atom is -0.494 e. The average Bonchev–Trinajstić information content (AvgIpc) is 3.40. The number of hydrogen-bond acceptors (Lipinski definition) is 6. The Morgan fingerprint density at radius 1 is 1.00 bits per heavy atom. The summed E-state index contributed by atoms with van der Waals surface area (Å²) in [7, 11) is 0. The van der Waals surface area contributed by atoms with E-state index in [0.717, 1.165) is 27.7 Å². The molecule has 222 valence electrons. The molecule has 0 saturated heterocycles. The zero-order valence-corrected chi connectivity index (χ0v) is 24.7. The predicted octanol–water partition coefficient (Wildman–Crippen LogP) is 5.81. The van der Waals surface area contributed by atoms with Crippen molar-refractivity contribution in [2.75, 3.05) is 13.2 Å². The summed E-state index contributed by atoms with van der Waals surface area (Å²) < 4.78 is 40.6. The number of halogens is 3. The minimum absolute atomic E-state index is 0.0411. The van der Waals surface area contributed by atoms with Crippen LogP contribution in [0.2, 0.25) is 0 Å². The molecule has 1 heterocycles. The molecule has 3 N–H and O–H groups in total. The number of nitrogens with one attached hydrogen (secondary N) is 2. The van der Waals surface area contributed by atoms with Gasteiger partial charge in [-0.1, -0.05) is 64.5 Å². The molecule has 1 aliphatic rings. The van der Waals surface area contributed by atoms with Crippen LogP contribution in [0.5, 0.6) is 5.75 Å². The van der Waals surface area contributed by atoms with Crippen molar-refractivity contribution in [1.29, 1.82) is 0 Å². The van der Waals surface area contributed by atoms with Crippen molar-refractivity contribution < 1.29 is 28.2 Å². The van der Waals surface area contributed by atoms with E-state index in [0.29, 0.717) is 24.3 Å². The van der Waals surface area contributed by atoms with E-state index in [-0.39, 0.29) is 31.0 Å². The summed E-state index contributed by atoms with van der Waals surface area (Å²) >= 11 is 3.47. The van der Waals surface area contributed by atoms with Crippen molar-refractivity contribution >= 4 is 27.7 Å². The highest BCUT2D eigenvalue weighted by molar-refractivity contribution is 9.10. The van der Waals surface area contributed by atoms with E-state index >= 15 is 0 Å². The Balaban J connectivity index is 1.49. The van der Waals surface area contributed by atoms with Crippen LogP contribution in [-0.2, 0) is 22.5 Å². The number of benzene rings is 4. The number of nitrogens with zero attached hydrogens (tertiary/aromatic N) is 1. The fourth-order valence-corrected chi connectivity index (χ4v) is 5.08. The number of hydrazine groups is 1. The third-order valence-electron chi connectivity index (χ3n) is 7.02. The first-order chi connectivity index (χ1) is 20.9. The summed E-state index contributed by atoms with van der Waals surface area (Å²) in [6, 6.07) is 27.4. The molecule has 0 spiro atoms. The van der Waals surface area contributed by atoms with Crippen LogP contribution in [0.4, 0.5) is 8.78 Å². The molecule has 5 rings (SSSR count). The first-order valence-electron chi connectivity index (χ1n) is 13.8. The van der Waals surface area contributed by atoms with Gasteiger partial charge in [-0.15, -0.1) is 0 Å². The number of rotatable bonds is 12. The zero-order chi connectivity index (χ0) is 30.2. The zero-order valence-electron chi connectivity index (χ0n) is 23.1. The smallest absolute Gasteiger partial charge is 0.266 e. The molecule has 2 atom stereocenters. The van der Waals surface area contributed by atoms with Gasteiger partial charge in [0.1, 0.15) is 17.4 Å². The SMILES string of the molecule is O=C(NNCc1ccc(F)cc1F)[C@@]1(Cc2ccccc2)N=C(c2ccc(OCCCO)cc2)O[C@H]1c1ccc(Br)cc1. The van der Waals surface area contributed by atoms with E-state index in [1.807, 2.05) is 54.6 Å². The van der Waals surface area contributed by atoms with E-state index in [9.17, 15) is 13.6 Å². The second-order valence-electron chi connectivity index (χ2n) is 10.0. The molecule has 7 nitrogen and oxygen atoms in total. The molecule has 4 aromatic rings. The normalized spacial score (nSPS) is 17.7. The van der Waals surface area contributed by atoms with Crippen LogP contribution in [0.1, 0.15) is 34.8 Å². The lowest BCUT2D eigenvalue weighted by atomic mass is 9.82. The van der Waals surface area contributed by atoms with E-state index in [1.54, 1.807) is 24.3 Å². The maximum atomic E-state index is 14.3. The number of aliphatic hydroxyl groups is 1. The van der Waals surface area contributed by atoms with E-state index < -0.39 is 29.2 Å². The molecule has 1 amide bonds. The fourth-order valence-electron chi connectivity index (χ4n) is 4.82. The van der Waals surface area contributed by atoms with Gasteiger partial charge in [0.05, 0.1) is 6.61 Å². The summed E-state index contributed by atoms with van der Waals surface area (Å²) in [6.45, 7) is 0.352. The van der Waals surface area contributed by atoms with Crippen molar-refractivity contribution in [3.05, 3.63) is 135 Å². The largest absolute Gasteiger partial charge is 0.494 e. The molecule has 4 aromatic carbocycles. The maximum Gasteiger partial charge on any atom is 0.266 e. The highest BCUT2D eigenvalue weighted by atomic mass is 79.9. The van der Waals surface area contributed by atoms with Gasteiger partial charge in [-0.05, 0) is 53.6 Å².